The third-order valence-corrected chi connectivity index (χ3v) is 4.86. The molecule has 32 heavy (non-hydrogen) atoms. The number of aryl methyl sites for hydroxylation is 1. The number of anilines is 1. The maximum Gasteiger partial charge on any atom is 0.321 e. The zero-order chi connectivity index (χ0) is 22.9. The van der Waals surface area contributed by atoms with Gasteiger partial charge in [-0.2, -0.15) is 4.98 Å². The van der Waals surface area contributed by atoms with E-state index in [0.717, 1.165) is 12.2 Å². The average Bonchev–Trinajstić information content (AvgIpc) is 3.29. The number of hydrogen-bond donors (Lipinski definition) is 1. The molecule has 0 saturated carbocycles. The lowest BCUT2D eigenvalue weighted by molar-refractivity contribution is 0.222. The van der Waals surface area contributed by atoms with Crippen LogP contribution in [-0.2, 0) is 19.4 Å². The smallest absolute Gasteiger partial charge is 0.321 e. The van der Waals surface area contributed by atoms with Gasteiger partial charge in [0.25, 0.3) is 5.89 Å². The van der Waals surface area contributed by atoms with Gasteiger partial charge in [-0.15, -0.1) is 0 Å². The largest absolute Gasteiger partial charge is 0.493 e. The van der Waals surface area contributed by atoms with E-state index in [2.05, 4.69) is 22.4 Å². The molecular formula is C23H28N4O5. The van der Waals surface area contributed by atoms with E-state index in [1.54, 1.807) is 44.4 Å². The van der Waals surface area contributed by atoms with Gasteiger partial charge in [0.2, 0.25) is 0 Å². The van der Waals surface area contributed by atoms with Crippen molar-refractivity contribution in [1.29, 1.82) is 0 Å². The molecule has 0 fully saturated rings. The second-order valence-corrected chi connectivity index (χ2v) is 7.06. The van der Waals surface area contributed by atoms with Crippen molar-refractivity contribution < 1.29 is 23.5 Å². The Kier molecular flexibility index (Phi) is 7.91. The topological polar surface area (TPSA) is 99.0 Å². The predicted octanol–water partition coefficient (Wildman–Crippen LogP) is 3.93. The van der Waals surface area contributed by atoms with Crippen LogP contribution >= 0.6 is 0 Å². The van der Waals surface area contributed by atoms with Crippen molar-refractivity contribution in [3.05, 3.63) is 59.7 Å². The van der Waals surface area contributed by atoms with Crippen LogP contribution in [-0.4, -0.2) is 48.9 Å². The highest BCUT2D eigenvalue weighted by molar-refractivity contribution is 5.89. The summed E-state index contributed by atoms with van der Waals surface area (Å²) in [6.07, 6.45) is 1.43. The minimum atomic E-state index is -0.264. The van der Waals surface area contributed by atoms with Crippen molar-refractivity contribution in [2.24, 2.45) is 0 Å². The fraction of sp³-hybridized carbons (Fsp3) is 0.348. The summed E-state index contributed by atoms with van der Waals surface area (Å²) in [6.45, 7) is 2.71. The molecule has 0 aliphatic rings. The first-order valence-corrected chi connectivity index (χ1v) is 10.3. The number of likely N-dealkylation sites (N-methyl/N-ethyl adjacent to an activating group) is 1. The van der Waals surface area contributed by atoms with Crippen molar-refractivity contribution in [1.82, 2.24) is 15.0 Å². The fourth-order valence-electron chi connectivity index (χ4n) is 2.92. The van der Waals surface area contributed by atoms with E-state index in [9.17, 15) is 4.79 Å². The third kappa shape index (κ3) is 6.13. The van der Waals surface area contributed by atoms with Gasteiger partial charge < -0.3 is 29.0 Å². The molecule has 1 heterocycles. The van der Waals surface area contributed by atoms with Crippen molar-refractivity contribution in [3.8, 4) is 17.2 Å². The summed E-state index contributed by atoms with van der Waals surface area (Å²) in [7, 11) is 4.80. The zero-order valence-corrected chi connectivity index (χ0v) is 18.8. The first kappa shape index (κ1) is 22.9. The number of hydrogen-bond acceptors (Lipinski definition) is 7. The molecule has 0 aliphatic carbocycles. The number of rotatable bonds is 10. The molecule has 1 aromatic heterocycles. The molecule has 3 aromatic rings. The minimum absolute atomic E-state index is 0.189. The second kappa shape index (κ2) is 11.0. The molecule has 3 rings (SSSR count). The van der Waals surface area contributed by atoms with Crippen LogP contribution < -0.4 is 19.5 Å². The van der Waals surface area contributed by atoms with Crippen molar-refractivity contribution in [2.45, 2.75) is 26.4 Å². The zero-order valence-electron chi connectivity index (χ0n) is 18.8. The van der Waals surface area contributed by atoms with Crippen LogP contribution in [0.15, 0.2) is 47.0 Å². The SMILES string of the molecule is CCc1ccc(OCc2nc(CCN(C)C(=O)Nc3ccc(OC)c(OC)c3)no2)cc1. The number of nitrogens with zero attached hydrogens (tertiary/aromatic N) is 3. The van der Waals surface area contributed by atoms with Gasteiger partial charge in [-0.05, 0) is 36.2 Å². The van der Waals surface area contributed by atoms with Crippen molar-refractivity contribution >= 4 is 11.7 Å². The van der Waals surface area contributed by atoms with Crippen molar-refractivity contribution in [2.75, 3.05) is 33.1 Å². The predicted molar refractivity (Wildman–Crippen MR) is 119 cm³/mol. The molecule has 0 saturated heterocycles. The highest BCUT2D eigenvalue weighted by Crippen LogP contribution is 2.29. The summed E-state index contributed by atoms with van der Waals surface area (Å²) in [6, 6.07) is 12.8. The summed E-state index contributed by atoms with van der Waals surface area (Å²) >= 11 is 0. The van der Waals surface area contributed by atoms with Crippen LogP contribution in [0.2, 0.25) is 0 Å². The lowest BCUT2D eigenvalue weighted by Gasteiger charge is -2.17. The highest BCUT2D eigenvalue weighted by Gasteiger charge is 2.13. The maximum absolute atomic E-state index is 12.5. The summed E-state index contributed by atoms with van der Waals surface area (Å²) < 4.78 is 21.4. The number of ether oxygens (including phenoxy) is 3. The second-order valence-electron chi connectivity index (χ2n) is 7.06. The summed E-state index contributed by atoms with van der Waals surface area (Å²) in [5.74, 6) is 2.77. The van der Waals surface area contributed by atoms with Gasteiger partial charge in [0.1, 0.15) is 5.75 Å². The molecule has 9 nitrogen and oxygen atoms in total. The van der Waals surface area contributed by atoms with Gasteiger partial charge in [-0.25, -0.2) is 4.79 Å². The lowest BCUT2D eigenvalue weighted by atomic mass is 10.2. The van der Waals surface area contributed by atoms with E-state index < -0.39 is 0 Å². The van der Waals surface area contributed by atoms with Gasteiger partial charge in [-0.3, -0.25) is 0 Å². The molecule has 2 aromatic carbocycles. The van der Waals surface area contributed by atoms with Gasteiger partial charge in [-0.1, -0.05) is 24.2 Å². The highest BCUT2D eigenvalue weighted by atomic mass is 16.5. The Balaban J connectivity index is 1.46. The molecule has 1 N–H and O–H groups in total. The van der Waals surface area contributed by atoms with E-state index in [-0.39, 0.29) is 12.6 Å². The molecule has 0 aliphatic heterocycles. The first-order valence-electron chi connectivity index (χ1n) is 10.3. The molecule has 0 atom stereocenters. The van der Waals surface area contributed by atoms with Crippen LogP contribution in [0.25, 0.3) is 0 Å². The number of carbonyl (C=O) groups excluding carboxylic acids is 1. The van der Waals surface area contributed by atoms with E-state index in [0.29, 0.717) is 41.9 Å². The Hall–Kier alpha value is -3.75. The number of urea groups is 1. The van der Waals surface area contributed by atoms with Crippen LogP contribution in [0.5, 0.6) is 17.2 Å². The van der Waals surface area contributed by atoms with Gasteiger partial charge in [0, 0.05) is 31.8 Å². The lowest BCUT2D eigenvalue weighted by Crippen LogP contribution is -2.33. The van der Waals surface area contributed by atoms with Gasteiger partial charge in [0.15, 0.2) is 23.9 Å². The van der Waals surface area contributed by atoms with Gasteiger partial charge in [0.05, 0.1) is 14.2 Å². The average molecular weight is 441 g/mol. The summed E-state index contributed by atoms with van der Waals surface area (Å²) in [5, 5.41) is 6.78. The first-order chi connectivity index (χ1) is 15.5. The normalized spacial score (nSPS) is 10.5. The van der Waals surface area contributed by atoms with E-state index in [4.69, 9.17) is 18.7 Å². The monoisotopic (exact) mass is 440 g/mol. The minimum Gasteiger partial charge on any atom is -0.493 e. The molecule has 0 unspecified atom stereocenters. The number of amides is 2. The molecule has 170 valence electrons. The number of nitrogens with one attached hydrogen (secondary N) is 1. The Morgan fingerprint density at radius 1 is 1.09 bits per heavy atom. The molecule has 2 amide bonds. The number of benzene rings is 2. The Bertz CT molecular complexity index is 1020. The quantitative estimate of drug-likeness (QED) is 0.510. The van der Waals surface area contributed by atoms with E-state index >= 15 is 0 Å². The third-order valence-electron chi connectivity index (χ3n) is 4.86. The Morgan fingerprint density at radius 2 is 1.84 bits per heavy atom. The molecular weight excluding hydrogens is 412 g/mol. The molecule has 0 bridgehead atoms. The number of methoxy groups -OCH3 is 2. The van der Waals surface area contributed by atoms with E-state index in [1.165, 1.54) is 5.56 Å². The van der Waals surface area contributed by atoms with E-state index in [1.807, 2.05) is 24.3 Å². The maximum atomic E-state index is 12.5. The Morgan fingerprint density at radius 3 is 2.53 bits per heavy atom. The standard InChI is InChI=1S/C23H28N4O5/c1-5-16-6-9-18(10-7-16)31-15-22-25-21(26-32-22)12-13-27(2)23(28)24-17-8-11-19(29-3)20(14-17)30-4/h6-11,14H,5,12-13,15H2,1-4H3,(H,24,28). The van der Waals surface area contributed by atoms with Crippen molar-refractivity contribution in [3.63, 3.8) is 0 Å². The molecule has 0 spiro atoms. The van der Waals surface area contributed by atoms with Crippen LogP contribution in [0, 0.1) is 0 Å². The summed E-state index contributed by atoms with van der Waals surface area (Å²) in [4.78, 5) is 18.3. The molecule has 0 radical (unpaired) electrons. The molecule has 9 heteroatoms. The van der Waals surface area contributed by atoms with Crippen LogP contribution in [0.4, 0.5) is 10.5 Å². The Labute approximate surface area is 187 Å². The number of aromatic nitrogens is 2. The van der Waals surface area contributed by atoms with Gasteiger partial charge >= 0.3 is 6.03 Å². The number of carbonyl (C=O) groups is 1. The summed E-state index contributed by atoms with van der Waals surface area (Å²) in [5.41, 5.74) is 1.85. The fourth-order valence-corrected chi connectivity index (χ4v) is 2.92. The van der Waals surface area contributed by atoms with Crippen LogP contribution in [0.1, 0.15) is 24.2 Å². The van der Waals surface area contributed by atoms with Crippen LogP contribution in [0.3, 0.4) is 0 Å².